The maximum Gasteiger partial charge on any atom is 0.269 e. The summed E-state index contributed by atoms with van der Waals surface area (Å²) < 4.78 is 0. The van der Waals surface area contributed by atoms with E-state index in [1.807, 2.05) is 0 Å². The Bertz CT molecular complexity index is 450. The fourth-order valence-corrected chi connectivity index (χ4v) is 2.37. The molecule has 2 atom stereocenters. The molecule has 0 spiro atoms. The number of piperidine rings is 1. The number of aliphatic hydroxyl groups is 1. The molecule has 0 saturated carbocycles. The van der Waals surface area contributed by atoms with Gasteiger partial charge in [0, 0.05) is 17.7 Å². The zero-order chi connectivity index (χ0) is 13.1. The van der Waals surface area contributed by atoms with Gasteiger partial charge in [-0.2, -0.15) is 0 Å². The number of nitro benzene ring substituents is 1. The van der Waals surface area contributed by atoms with Gasteiger partial charge in [0.05, 0.1) is 11.5 Å². The highest BCUT2D eigenvalue weighted by atomic mass is 16.6. The molecular weight excluding hydrogens is 236 g/mol. The first-order chi connectivity index (χ1) is 8.56. The van der Waals surface area contributed by atoms with Crippen molar-refractivity contribution in [3.63, 3.8) is 0 Å². The molecule has 1 aromatic carbocycles. The zero-order valence-electron chi connectivity index (χ0n) is 9.96. The number of quaternary nitrogens is 1. The summed E-state index contributed by atoms with van der Waals surface area (Å²) in [6, 6.07) is 3.82. The summed E-state index contributed by atoms with van der Waals surface area (Å²) in [5, 5.41) is 31.9. The summed E-state index contributed by atoms with van der Waals surface area (Å²) in [6.07, 6.45) is 1.38. The van der Waals surface area contributed by atoms with Gasteiger partial charge in [-0.15, -0.1) is 0 Å². The maximum atomic E-state index is 11.7. The third-order valence-electron chi connectivity index (χ3n) is 3.29. The number of aliphatic hydroxyl groups excluding tert-OH is 1. The van der Waals surface area contributed by atoms with Gasteiger partial charge in [-0.3, -0.25) is 10.1 Å². The summed E-state index contributed by atoms with van der Waals surface area (Å²) in [5.74, 6) is -0.173. The molecule has 2 N–H and O–H groups in total. The van der Waals surface area contributed by atoms with E-state index in [0.29, 0.717) is 18.7 Å². The van der Waals surface area contributed by atoms with Crippen molar-refractivity contribution in [3.05, 3.63) is 33.9 Å². The van der Waals surface area contributed by atoms with E-state index < -0.39 is 4.92 Å². The lowest BCUT2D eigenvalue weighted by atomic mass is 10.1. The highest BCUT2D eigenvalue weighted by Crippen LogP contribution is 2.20. The van der Waals surface area contributed by atoms with Crippen molar-refractivity contribution in [2.24, 2.45) is 0 Å². The fraction of sp³-hybridized carbons (Fsp3) is 0.500. The van der Waals surface area contributed by atoms with Crippen molar-refractivity contribution < 1.29 is 20.0 Å². The molecule has 1 fully saturated rings. The summed E-state index contributed by atoms with van der Waals surface area (Å²) >= 11 is 0. The van der Waals surface area contributed by atoms with E-state index >= 15 is 0 Å². The van der Waals surface area contributed by atoms with E-state index in [2.05, 4.69) is 0 Å². The molecular formula is C12H16N2O4. The van der Waals surface area contributed by atoms with Crippen LogP contribution in [-0.4, -0.2) is 29.2 Å². The Morgan fingerprint density at radius 1 is 1.50 bits per heavy atom. The van der Waals surface area contributed by atoms with Crippen molar-refractivity contribution in [3.8, 4) is 5.75 Å². The number of hydrogen-bond donors (Lipinski definition) is 2. The van der Waals surface area contributed by atoms with Crippen molar-refractivity contribution >= 4 is 5.69 Å². The van der Waals surface area contributed by atoms with Gasteiger partial charge >= 0.3 is 0 Å². The Kier molecular flexibility index (Phi) is 3.78. The van der Waals surface area contributed by atoms with Crippen LogP contribution in [0.4, 0.5) is 5.69 Å². The van der Waals surface area contributed by atoms with Gasteiger partial charge in [0.15, 0.2) is 0 Å². The summed E-state index contributed by atoms with van der Waals surface area (Å²) in [6.45, 7) is 1.93. The monoisotopic (exact) mass is 252 g/mol. The molecule has 1 unspecified atom stereocenters. The Labute approximate surface area is 105 Å². The highest BCUT2D eigenvalue weighted by molar-refractivity contribution is 5.41. The van der Waals surface area contributed by atoms with Crippen molar-refractivity contribution in [2.45, 2.75) is 25.5 Å². The van der Waals surface area contributed by atoms with Gasteiger partial charge in [-0.25, -0.2) is 0 Å². The predicted molar refractivity (Wildman–Crippen MR) is 62.2 cm³/mol. The lowest BCUT2D eigenvalue weighted by molar-refractivity contribution is -0.922. The van der Waals surface area contributed by atoms with Gasteiger partial charge < -0.3 is 15.1 Å². The second kappa shape index (κ2) is 5.32. The summed E-state index contributed by atoms with van der Waals surface area (Å²) in [5.41, 5.74) is 0.398. The molecule has 0 aliphatic carbocycles. The van der Waals surface area contributed by atoms with Crippen molar-refractivity contribution in [1.82, 2.24) is 0 Å². The Hall–Kier alpha value is -1.66. The minimum Gasteiger partial charge on any atom is -0.872 e. The number of nitrogens with one attached hydrogen (secondary N) is 1. The minimum absolute atomic E-state index is 0.0541. The second-order valence-electron chi connectivity index (χ2n) is 4.73. The minimum atomic E-state index is -0.497. The van der Waals surface area contributed by atoms with Gasteiger partial charge in [-0.1, -0.05) is 11.8 Å². The van der Waals surface area contributed by atoms with E-state index in [1.165, 1.54) is 18.2 Å². The Morgan fingerprint density at radius 3 is 2.94 bits per heavy atom. The molecule has 0 radical (unpaired) electrons. The summed E-state index contributed by atoms with van der Waals surface area (Å²) in [7, 11) is 0. The average molecular weight is 252 g/mol. The molecule has 1 aliphatic heterocycles. The van der Waals surface area contributed by atoms with E-state index in [9.17, 15) is 20.3 Å². The van der Waals surface area contributed by atoms with Crippen LogP contribution in [0.25, 0.3) is 0 Å². The molecule has 1 heterocycles. The number of non-ortho nitro benzene ring substituents is 1. The molecule has 18 heavy (non-hydrogen) atoms. The normalized spacial score (nSPS) is 23.8. The largest absolute Gasteiger partial charge is 0.872 e. The number of benzene rings is 1. The molecule has 0 bridgehead atoms. The standard InChI is InChI=1S/C12H16N2O4/c15-11-2-1-5-13(8-11)7-9-6-10(14(17)18)3-4-12(9)16/h3-4,6,11,15-16H,1-2,5,7-8H2/t11-/m1/s1. The average Bonchev–Trinajstić information content (AvgIpc) is 2.31. The molecule has 6 nitrogen and oxygen atoms in total. The van der Waals surface area contributed by atoms with Crippen LogP contribution in [-0.2, 0) is 6.54 Å². The topological polar surface area (TPSA) is 90.9 Å². The van der Waals surface area contributed by atoms with Crippen LogP contribution >= 0.6 is 0 Å². The van der Waals surface area contributed by atoms with Gasteiger partial charge in [0.1, 0.15) is 19.2 Å². The smallest absolute Gasteiger partial charge is 0.269 e. The van der Waals surface area contributed by atoms with Crippen LogP contribution < -0.4 is 10.0 Å². The van der Waals surface area contributed by atoms with Gasteiger partial charge in [-0.05, 0) is 12.8 Å². The van der Waals surface area contributed by atoms with Crippen LogP contribution in [0.1, 0.15) is 18.4 Å². The van der Waals surface area contributed by atoms with Crippen LogP contribution in [0.3, 0.4) is 0 Å². The van der Waals surface area contributed by atoms with Crippen molar-refractivity contribution in [2.75, 3.05) is 13.1 Å². The SMILES string of the molecule is O=[N+]([O-])c1ccc([O-])c(C[NH+]2CCC[C@@H](O)C2)c1. The van der Waals surface area contributed by atoms with E-state index in [4.69, 9.17) is 0 Å². The summed E-state index contributed by atoms with van der Waals surface area (Å²) in [4.78, 5) is 11.3. The van der Waals surface area contributed by atoms with E-state index in [-0.39, 0.29) is 17.5 Å². The number of rotatable bonds is 3. The third-order valence-corrected chi connectivity index (χ3v) is 3.29. The van der Waals surface area contributed by atoms with Crippen LogP contribution in [0.15, 0.2) is 18.2 Å². The van der Waals surface area contributed by atoms with Crippen LogP contribution in [0, 0.1) is 10.1 Å². The zero-order valence-corrected chi connectivity index (χ0v) is 9.96. The number of likely N-dealkylation sites (tertiary alicyclic amines) is 1. The highest BCUT2D eigenvalue weighted by Gasteiger charge is 2.21. The first kappa shape index (κ1) is 12.8. The molecule has 2 rings (SSSR count). The molecule has 1 aromatic rings. The quantitative estimate of drug-likeness (QED) is 0.544. The molecule has 0 aromatic heterocycles. The molecule has 1 aliphatic rings. The van der Waals surface area contributed by atoms with Crippen LogP contribution in [0.2, 0.25) is 0 Å². The lowest BCUT2D eigenvalue weighted by Crippen LogP contribution is -3.12. The molecule has 6 heteroatoms. The molecule has 0 amide bonds. The van der Waals surface area contributed by atoms with E-state index in [0.717, 1.165) is 24.3 Å². The van der Waals surface area contributed by atoms with Crippen molar-refractivity contribution in [1.29, 1.82) is 0 Å². The maximum absolute atomic E-state index is 11.7. The first-order valence-electron chi connectivity index (χ1n) is 6.02. The van der Waals surface area contributed by atoms with Gasteiger partial charge in [0.25, 0.3) is 5.69 Å². The second-order valence-corrected chi connectivity index (χ2v) is 4.73. The first-order valence-corrected chi connectivity index (χ1v) is 6.02. The Balaban J connectivity index is 2.12. The van der Waals surface area contributed by atoms with Gasteiger partial charge in [0.2, 0.25) is 0 Å². The number of nitrogens with zero attached hydrogens (tertiary/aromatic N) is 1. The number of nitro groups is 1. The predicted octanol–water partition coefficient (Wildman–Crippen LogP) is -0.792. The Morgan fingerprint density at radius 2 is 2.28 bits per heavy atom. The van der Waals surface area contributed by atoms with Crippen LogP contribution in [0.5, 0.6) is 5.75 Å². The molecule has 98 valence electrons. The lowest BCUT2D eigenvalue weighted by Gasteiger charge is -2.28. The number of hydrogen-bond acceptors (Lipinski definition) is 4. The van der Waals surface area contributed by atoms with E-state index in [1.54, 1.807) is 0 Å². The molecule has 1 saturated heterocycles. The third kappa shape index (κ3) is 2.96. The fourth-order valence-electron chi connectivity index (χ4n) is 2.37.